The predicted octanol–water partition coefficient (Wildman–Crippen LogP) is 4.39. The molecule has 5 aliphatic rings. The molecule has 5 fully saturated rings. The lowest BCUT2D eigenvalue weighted by atomic mass is 9.49. The molecule has 1 N–H and O–H groups in total. The Labute approximate surface area is 175 Å². The van der Waals surface area contributed by atoms with Gasteiger partial charge < -0.3 is 10.2 Å². The fourth-order valence-corrected chi connectivity index (χ4v) is 7.21. The van der Waals surface area contributed by atoms with E-state index in [9.17, 15) is 9.59 Å². The van der Waals surface area contributed by atoms with Crippen molar-refractivity contribution in [3.05, 3.63) is 34.3 Å². The van der Waals surface area contributed by atoms with Crippen molar-refractivity contribution in [3.8, 4) is 0 Å². The van der Waals surface area contributed by atoms with Crippen LogP contribution in [0.5, 0.6) is 0 Å². The maximum Gasteiger partial charge on any atom is 0.254 e. The maximum absolute atomic E-state index is 13.2. The van der Waals surface area contributed by atoms with Crippen molar-refractivity contribution in [1.82, 2.24) is 10.2 Å². The van der Waals surface area contributed by atoms with Gasteiger partial charge in [-0.05, 0) is 97.2 Å². The van der Waals surface area contributed by atoms with Crippen molar-refractivity contribution >= 4 is 27.7 Å². The van der Waals surface area contributed by atoms with E-state index in [0.717, 1.165) is 59.9 Å². The number of nitrogens with one attached hydrogen (secondary N) is 1. The number of benzene rings is 1. The molecule has 0 aromatic heterocycles. The Kier molecular flexibility index (Phi) is 4.77. The summed E-state index contributed by atoms with van der Waals surface area (Å²) in [5.41, 5.74) is 0.648. The first kappa shape index (κ1) is 18.7. The maximum atomic E-state index is 13.2. The van der Waals surface area contributed by atoms with E-state index >= 15 is 0 Å². The molecule has 4 nitrogen and oxygen atoms in total. The number of hydrogen-bond donors (Lipinski definition) is 1. The summed E-state index contributed by atoms with van der Waals surface area (Å²) >= 11 is 3.48. The Bertz CT molecular complexity index is 749. The third-order valence-electron chi connectivity index (χ3n) is 7.74. The topological polar surface area (TPSA) is 49.4 Å². The first-order chi connectivity index (χ1) is 13.5. The Balaban J connectivity index is 1.18. The predicted molar refractivity (Wildman–Crippen MR) is 112 cm³/mol. The van der Waals surface area contributed by atoms with E-state index < -0.39 is 0 Å². The number of likely N-dealkylation sites (tertiary alicyclic amines) is 1. The molecule has 1 aliphatic heterocycles. The molecule has 28 heavy (non-hydrogen) atoms. The van der Waals surface area contributed by atoms with Crippen LogP contribution in [0.3, 0.4) is 0 Å². The Hall–Kier alpha value is -1.36. The van der Waals surface area contributed by atoms with Gasteiger partial charge in [0.15, 0.2) is 0 Å². The second kappa shape index (κ2) is 7.16. The molecule has 4 aliphatic carbocycles. The van der Waals surface area contributed by atoms with Crippen LogP contribution < -0.4 is 5.32 Å². The Morgan fingerprint density at radius 2 is 1.54 bits per heavy atom. The zero-order chi connectivity index (χ0) is 19.3. The molecule has 5 heteroatoms. The second-order valence-electron chi connectivity index (χ2n) is 9.72. The zero-order valence-electron chi connectivity index (χ0n) is 16.3. The summed E-state index contributed by atoms with van der Waals surface area (Å²) in [6.07, 6.45) is 9.15. The fourth-order valence-electron chi connectivity index (χ4n) is 6.76. The van der Waals surface area contributed by atoms with Crippen molar-refractivity contribution in [2.24, 2.45) is 23.2 Å². The minimum atomic E-state index is -0.0728. The highest BCUT2D eigenvalue weighted by atomic mass is 79.9. The minimum absolute atomic E-state index is 0.0728. The molecule has 150 valence electrons. The molecule has 1 aromatic carbocycles. The monoisotopic (exact) mass is 444 g/mol. The molecule has 4 saturated carbocycles. The van der Waals surface area contributed by atoms with Gasteiger partial charge in [-0.25, -0.2) is 0 Å². The van der Waals surface area contributed by atoms with Crippen LogP contribution in [0.25, 0.3) is 0 Å². The van der Waals surface area contributed by atoms with E-state index in [4.69, 9.17) is 0 Å². The first-order valence-corrected chi connectivity index (χ1v) is 11.7. The number of rotatable bonds is 3. The van der Waals surface area contributed by atoms with E-state index in [1.807, 2.05) is 29.2 Å². The quantitative estimate of drug-likeness (QED) is 0.751. The lowest BCUT2D eigenvalue weighted by Gasteiger charge is -2.56. The van der Waals surface area contributed by atoms with E-state index in [2.05, 4.69) is 21.2 Å². The van der Waals surface area contributed by atoms with Gasteiger partial charge in [0, 0.05) is 29.0 Å². The number of halogens is 1. The average molecular weight is 445 g/mol. The molecular weight excluding hydrogens is 416 g/mol. The van der Waals surface area contributed by atoms with E-state index in [-0.39, 0.29) is 17.4 Å². The molecule has 1 saturated heterocycles. The summed E-state index contributed by atoms with van der Waals surface area (Å²) in [7, 11) is 0. The SMILES string of the molecule is O=C(c1ccccc1Br)N1CCC(NC(=O)C23CC4CC(CC(C4)C2)C3)CC1. The third-order valence-corrected chi connectivity index (χ3v) is 8.43. The number of hydrogen-bond acceptors (Lipinski definition) is 2. The second-order valence-corrected chi connectivity index (χ2v) is 10.6. The standard InChI is InChI=1S/C23H29BrN2O2/c24-20-4-2-1-3-19(20)21(27)26-7-5-18(6-8-26)25-22(28)23-12-15-9-16(13-23)11-17(10-15)14-23/h1-4,15-18H,5-14H2,(H,25,28). The highest BCUT2D eigenvalue weighted by Crippen LogP contribution is 2.60. The first-order valence-electron chi connectivity index (χ1n) is 10.9. The molecule has 0 spiro atoms. The number of carbonyl (C=O) groups is 2. The summed E-state index contributed by atoms with van der Waals surface area (Å²) in [4.78, 5) is 28.0. The number of nitrogens with zero attached hydrogens (tertiary/aromatic N) is 1. The Morgan fingerprint density at radius 3 is 2.11 bits per heavy atom. The number of carbonyl (C=O) groups excluding carboxylic acids is 2. The van der Waals surface area contributed by atoms with Crippen LogP contribution in [0.1, 0.15) is 61.7 Å². The molecule has 2 amide bonds. The molecule has 1 aromatic rings. The van der Waals surface area contributed by atoms with Crippen molar-refractivity contribution in [3.63, 3.8) is 0 Å². The number of amides is 2. The van der Waals surface area contributed by atoms with Gasteiger partial charge in [0.05, 0.1) is 5.56 Å². The summed E-state index contributed by atoms with van der Waals surface area (Å²) in [6, 6.07) is 7.81. The summed E-state index contributed by atoms with van der Waals surface area (Å²) in [5.74, 6) is 2.78. The largest absolute Gasteiger partial charge is 0.353 e. The molecular formula is C23H29BrN2O2. The van der Waals surface area contributed by atoms with Gasteiger partial charge >= 0.3 is 0 Å². The Morgan fingerprint density at radius 1 is 0.964 bits per heavy atom. The zero-order valence-corrected chi connectivity index (χ0v) is 17.9. The van der Waals surface area contributed by atoms with E-state index in [0.29, 0.717) is 19.0 Å². The lowest BCUT2D eigenvalue weighted by Crippen LogP contribution is -2.56. The minimum Gasteiger partial charge on any atom is -0.353 e. The summed E-state index contributed by atoms with van der Waals surface area (Å²) < 4.78 is 0.845. The van der Waals surface area contributed by atoms with Crippen LogP contribution in [0.15, 0.2) is 28.7 Å². The fraction of sp³-hybridized carbons (Fsp3) is 0.652. The average Bonchev–Trinajstić information content (AvgIpc) is 2.67. The van der Waals surface area contributed by atoms with Gasteiger partial charge in [0.25, 0.3) is 5.91 Å². The third kappa shape index (κ3) is 3.30. The normalized spacial score (nSPS) is 34.5. The lowest BCUT2D eigenvalue weighted by molar-refractivity contribution is -0.147. The summed E-state index contributed by atoms with van der Waals surface area (Å²) in [5, 5.41) is 3.40. The van der Waals surface area contributed by atoms with Crippen molar-refractivity contribution < 1.29 is 9.59 Å². The van der Waals surface area contributed by atoms with Crippen LogP contribution in [-0.2, 0) is 4.79 Å². The van der Waals surface area contributed by atoms with Crippen molar-refractivity contribution in [2.45, 2.75) is 57.4 Å². The van der Waals surface area contributed by atoms with Gasteiger partial charge in [-0.1, -0.05) is 12.1 Å². The van der Waals surface area contributed by atoms with Gasteiger partial charge in [0.2, 0.25) is 5.91 Å². The van der Waals surface area contributed by atoms with Crippen LogP contribution in [0.2, 0.25) is 0 Å². The van der Waals surface area contributed by atoms with Gasteiger partial charge in [-0.2, -0.15) is 0 Å². The highest BCUT2D eigenvalue weighted by molar-refractivity contribution is 9.10. The molecule has 0 atom stereocenters. The van der Waals surface area contributed by atoms with Crippen molar-refractivity contribution in [2.75, 3.05) is 13.1 Å². The molecule has 0 unspecified atom stereocenters. The van der Waals surface area contributed by atoms with Gasteiger partial charge in [-0.15, -0.1) is 0 Å². The van der Waals surface area contributed by atoms with E-state index in [1.165, 1.54) is 19.3 Å². The van der Waals surface area contributed by atoms with Crippen molar-refractivity contribution in [1.29, 1.82) is 0 Å². The molecule has 4 bridgehead atoms. The van der Waals surface area contributed by atoms with Gasteiger partial charge in [-0.3, -0.25) is 9.59 Å². The highest BCUT2D eigenvalue weighted by Gasteiger charge is 2.54. The summed E-state index contributed by atoms with van der Waals surface area (Å²) in [6.45, 7) is 1.43. The van der Waals surface area contributed by atoms with Crippen LogP contribution in [0.4, 0.5) is 0 Å². The van der Waals surface area contributed by atoms with Crippen LogP contribution in [0, 0.1) is 23.2 Å². The smallest absolute Gasteiger partial charge is 0.254 e. The molecule has 0 radical (unpaired) electrons. The van der Waals surface area contributed by atoms with Crippen LogP contribution >= 0.6 is 15.9 Å². The molecule has 6 rings (SSSR count). The van der Waals surface area contributed by atoms with E-state index in [1.54, 1.807) is 0 Å². The van der Waals surface area contributed by atoms with Gasteiger partial charge in [0.1, 0.15) is 0 Å². The number of piperidine rings is 1. The molecule has 1 heterocycles. The van der Waals surface area contributed by atoms with Crippen LogP contribution in [-0.4, -0.2) is 35.8 Å².